The second kappa shape index (κ2) is 6.82. The first-order chi connectivity index (χ1) is 11.6. The zero-order valence-corrected chi connectivity index (χ0v) is 14.8. The minimum absolute atomic E-state index is 0.597. The molecule has 1 heterocycles. The number of aryl methyl sites for hydroxylation is 3. The smallest absolute Gasteiger partial charge is 0.134 e. The van der Waals surface area contributed by atoms with E-state index in [1.54, 1.807) is 0 Å². The van der Waals surface area contributed by atoms with E-state index in [0.29, 0.717) is 5.57 Å². The maximum absolute atomic E-state index is 9.51. The van der Waals surface area contributed by atoms with E-state index in [1.165, 1.54) is 28.0 Å². The van der Waals surface area contributed by atoms with E-state index in [-0.39, 0.29) is 0 Å². The standard InChI is InChI=1S/C21H18N2S/c1-14-4-7-17(8-5-14)11-18(12-22)21-23-20(13-24-21)19-9-6-15(2)10-16(19)3/h4-11,13H,1-3H3. The number of rotatable bonds is 3. The Kier molecular flexibility index (Phi) is 4.59. The molecule has 0 fully saturated rings. The number of hydrogen-bond donors (Lipinski definition) is 0. The molecule has 0 amide bonds. The van der Waals surface area contributed by atoms with Crippen LogP contribution in [0.15, 0.2) is 47.8 Å². The second-order valence-electron chi connectivity index (χ2n) is 5.94. The number of hydrogen-bond acceptors (Lipinski definition) is 3. The van der Waals surface area contributed by atoms with E-state index >= 15 is 0 Å². The molecule has 0 aliphatic heterocycles. The Hall–Kier alpha value is -2.70. The molecular formula is C21H18N2S. The molecular weight excluding hydrogens is 312 g/mol. The van der Waals surface area contributed by atoms with Crippen LogP contribution in [0.2, 0.25) is 0 Å². The van der Waals surface area contributed by atoms with Gasteiger partial charge in [0, 0.05) is 10.9 Å². The minimum Gasteiger partial charge on any atom is -0.235 e. The van der Waals surface area contributed by atoms with Crippen LogP contribution in [-0.4, -0.2) is 4.98 Å². The summed E-state index contributed by atoms with van der Waals surface area (Å²) < 4.78 is 0. The van der Waals surface area contributed by atoms with E-state index in [9.17, 15) is 5.26 Å². The number of aromatic nitrogens is 1. The summed E-state index contributed by atoms with van der Waals surface area (Å²) in [4.78, 5) is 4.68. The summed E-state index contributed by atoms with van der Waals surface area (Å²) in [5, 5.41) is 12.3. The Morgan fingerprint density at radius 1 is 1.04 bits per heavy atom. The maximum Gasteiger partial charge on any atom is 0.134 e. The molecule has 0 radical (unpaired) electrons. The monoisotopic (exact) mass is 330 g/mol. The van der Waals surface area contributed by atoms with Crippen molar-refractivity contribution >= 4 is 23.0 Å². The summed E-state index contributed by atoms with van der Waals surface area (Å²) in [6, 6.07) is 16.8. The van der Waals surface area contributed by atoms with Gasteiger partial charge in [0.15, 0.2) is 0 Å². The van der Waals surface area contributed by atoms with Crippen molar-refractivity contribution in [3.8, 4) is 17.3 Å². The van der Waals surface area contributed by atoms with E-state index in [4.69, 9.17) is 0 Å². The van der Waals surface area contributed by atoms with E-state index < -0.39 is 0 Å². The van der Waals surface area contributed by atoms with Crippen molar-refractivity contribution in [1.82, 2.24) is 4.98 Å². The molecule has 3 aromatic rings. The normalized spacial score (nSPS) is 11.3. The fourth-order valence-electron chi connectivity index (χ4n) is 2.59. The van der Waals surface area contributed by atoms with Gasteiger partial charge in [-0.2, -0.15) is 5.26 Å². The quantitative estimate of drug-likeness (QED) is 0.569. The van der Waals surface area contributed by atoms with Gasteiger partial charge in [-0.25, -0.2) is 4.98 Å². The van der Waals surface area contributed by atoms with Crippen LogP contribution >= 0.6 is 11.3 Å². The molecule has 0 N–H and O–H groups in total. The molecule has 0 bridgehead atoms. The zero-order chi connectivity index (χ0) is 17.1. The molecule has 118 valence electrons. The van der Waals surface area contributed by atoms with Crippen molar-refractivity contribution in [3.63, 3.8) is 0 Å². The first-order valence-electron chi connectivity index (χ1n) is 7.79. The van der Waals surface area contributed by atoms with Gasteiger partial charge in [-0.3, -0.25) is 0 Å². The largest absolute Gasteiger partial charge is 0.235 e. The molecule has 3 rings (SSSR count). The zero-order valence-electron chi connectivity index (χ0n) is 14.0. The first kappa shape index (κ1) is 16.2. The van der Waals surface area contributed by atoms with Crippen molar-refractivity contribution in [3.05, 3.63) is 75.1 Å². The van der Waals surface area contributed by atoms with Gasteiger partial charge in [-0.1, -0.05) is 53.6 Å². The Bertz CT molecular complexity index is 941. The Morgan fingerprint density at radius 2 is 1.75 bits per heavy atom. The lowest BCUT2D eigenvalue weighted by atomic mass is 10.0. The SMILES string of the molecule is Cc1ccc(C=C(C#N)c2nc(-c3ccc(C)cc3C)cs2)cc1. The topological polar surface area (TPSA) is 36.7 Å². The fourth-order valence-corrected chi connectivity index (χ4v) is 3.38. The predicted octanol–water partition coefficient (Wildman–Crippen LogP) is 5.80. The third-order valence-corrected chi connectivity index (χ3v) is 4.78. The Labute approximate surface area is 146 Å². The summed E-state index contributed by atoms with van der Waals surface area (Å²) in [7, 11) is 0. The fraction of sp³-hybridized carbons (Fsp3) is 0.143. The molecule has 0 saturated carbocycles. The molecule has 2 aromatic carbocycles. The van der Waals surface area contributed by atoms with Gasteiger partial charge in [-0.05, 0) is 38.0 Å². The highest BCUT2D eigenvalue weighted by atomic mass is 32.1. The number of benzene rings is 2. The molecule has 0 spiro atoms. The lowest BCUT2D eigenvalue weighted by molar-refractivity contribution is 1.32. The van der Waals surface area contributed by atoms with Gasteiger partial charge in [0.05, 0.1) is 11.3 Å². The average Bonchev–Trinajstić information content (AvgIpc) is 3.04. The molecule has 0 atom stereocenters. The third kappa shape index (κ3) is 3.45. The van der Waals surface area contributed by atoms with Gasteiger partial charge in [-0.15, -0.1) is 11.3 Å². The lowest BCUT2D eigenvalue weighted by Crippen LogP contribution is -1.86. The summed E-state index contributed by atoms with van der Waals surface area (Å²) in [5.41, 5.74) is 7.31. The van der Waals surface area contributed by atoms with Crippen LogP contribution in [0.1, 0.15) is 27.3 Å². The molecule has 24 heavy (non-hydrogen) atoms. The van der Waals surface area contributed by atoms with Crippen molar-refractivity contribution in [2.45, 2.75) is 20.8 Å². The van der Waals surface area contributed by atoms with Crippen molar-refractivity contribution in [1.29, 1.82) is 5.26 Å². The van der Waals surface area contributed by atoms with Crippen LogP contribution in [0, 0.1) is 32.1 Å². The van der Waals surface area contributed by atoms with Crippen LogP contribution in [0.25, 0.3) is 22.9 Å². The summed E-state index contributed by atoms with van der Waals surface area (Å²) in [5.74, 6) is 0. The molecule has 3 heteroatoms. The molecule has 0 unspecified atom stereocenters. The number of thiazole rings is 1. The van der Waals surface area contributed by atoms with Crippen LogP contribution in [0.3, 0.4) is 0 Å². The van der Waals surface area contributed by atoms with E-state index in [2.05, 4.69) is 50.0 Å². The van der Waals surface area contributed by atoms with E-state index in [0.717, 1.165) is 21.8 Å². The maximum atomic E-state index is 9.51. The van der Waals surface area contributed by atoms with Crippen molar-refractivity contribution in [2.75, 3.05) is 0 Å². The molecule has 0 saturated heterocycles. The predicted molar refractivity (Wildman–Crippen MR) is 102 cm³/mol. The Balaban J connectivity index is 1.96. The molecule has 0 aliphatic rings. The average molecular weight is 330 g/mol. The number of allylic oxidation sites excluding steroid dienone is 1. The molecule has 1 aromatic heterocycles. The summed E-state index contributed by atoms with van der Waals surface area (Å²) in [6.07, 6.45) is 1.89. The van der Waals surface area contributed by atoms with Crippen molar-refractivity contribution < 1.29 is 0 Å². The van der Waals surface area contributed by atoms with Gasteiger partial charge >= 0.3 is 0 Å². The highest BCUT2D eigenvalue weighted by Gasteiger charge is 2.10. The van der Waals surface area contributed by atoms with Gasteiger partial charge < -0.3 is 0 Å². The van der Waals surface area contributed by atoms with Gasteiger partial charge in [0.1, 0.15) is 11.1 Å². The molecule has 0 aliphatic carbocycles. The van der Waals surface area contributed by atoms with Crippen LogP contribution < -0.4 is 0 Å². The minimum atomic E-state index is 0.597. The van der Waals surface area contributed by atoms with Crippen LogP contribution in [-0.2, 0) is 0 Å². The summed E-state index contributed by atoms with van der Waals surface area (Å²) >= 11 is 1.51. The van der Waals surface area contributed by atoms with E-state index in [1.807, 2.05) is 35.7 Å². The highest BCUT2D eigenvalue weighted by Crippen LogP contribution is 2.29. The van der Waals surface area contributed by atoms with Crippen LogP contribution in [0.4, 0.5) is 0 Å². The third-order valence-electron chi connectivity index (χ3n) is 3.90. The second-order valence-corrected chi connectivity index (χ2v) is 6.79. The lowest BCUT2D eigenvalue weighted by Gasteiger charge is -2.03. The summed E-state index contributed by atoms with van der Waals surface area (Å²) in [6.45, 7) is 6.23. The molecule has 2 nitrogen and oxygen atoms in total. The Morgan fingerprint density at radius 3 is 2.42 bits per heavy atom. The first-order valence-corrected chi connectivity index (χ1v) is 8.67. The van der Waals surface area contributed by atoms with Gasteiger partial charge in [0.25, 0.3) is 0 Å². The van der Waals surface area contributed by atoms with Crippen LogP contribution in [0.5, 0.6) is 0 Å². The highest BCUT2D eigenvalue weighted by molar-refractivity contribution is 7.11. The van der Waals surface area contributed by atoms with Gasteiger partial charge in [0.2, 0.25) is 0 Å². The number of nitriles is 1. The number of nitrogens with zero attached hydrogens (tertiary/aromatic N) is 2. The van der Waals surface area contributed by atoms with Crippen molar-refractivity contribution in [2.24, 2.45) is 0 Å².